The molecule has 420 valence electrons. The lowest BCUT2D eigenvalue weighted by molar-refractivity contribution is -0.376. The van der Waals surface area contributed by atoms with Crippen LogP contribution < -0.4 is 48.4 Å². The standard InChI is InChI=1S/C51H73N13O13/c1-28(2)22-34-44(70)57-33(16-17-41(53)66)49(75)64-21-7-11-40(64)51(77)63-20-6-10-39(63)48(74)60-35(23-29-12-14-31(65)15-13-29)45(71)61-37(24-30-26-54-27-55-30)50(76)62-19-5-9-38(62)47(73)56-32(8-3-4-18-52)43(69)59-36(25-42(67)68)46(72)58-34/h12-15,26-28,32-40,65H,3-11,16-25,52H2,1-2H3,(H2,53,66)(H,54,55)(H,56,73)(H,57,70)(H,58,72)(H,59,69)(H,60,74)(H,61,71)(H,67,68)/p+2/t32-,33+,34-,35-,36-,37+,38-,39-,40+/m0/s1. The van der Waals surface area contributed by atoms with E-state index in [1.54, 1.807) is 32.2 Å². The third-order valence-electron chi connectivity index (χ3n) is 14.4. The van der Waals surface area contributed by atoms with Crippen LogP contribution in [0.25, 0.3) is 0 Å². The molecule has 6 rings (SSSR count). The lowest BCUT2D eigenvalue weighted by atomic mass is 10.0. The fraction of sp³-hybridized carbons (Fsp3) is 0.608. The molecule has 1 aromatic carbocycles. The lowest BCUT2D eigenvalue weighted by Gasteiger charge is -2.34. The summed E-state index contributed by atoms with van der Waals surface area (Å²) in [6.45, 7) is 4.25. The quantitative estimate of drug-likeness (QED) is 0.0770. The normalized spacial score (nSPS) is 26.7. The van der Waals surface area contributed by atoms with Gasteiger partial charge in [-0.2, -0.15) is 0 Å². The Morgan fingerprint density at radius 2 is 1.14 bits per heavy atom. The zero-order valence-electron chi connectivity index (χ0n) is 43.7. The number of H-pyrrole nitrogens is 2. The first kappa shape index (κ1) is 58.6. The van der Waals surface area contributed by atoms with Gasteiger partial charge in [0.2, 0.25) is 65.4 Å². The number of hydrogen-bond donors (Lipinski definition) is 11. The van der Waals surface area contributed by atoms with E-state index in [4.69, 9.17) is 5.73 Å². The van der Waals surface area contributed by atoms with Crippen molar-refractivity contribution in [2.24, 2.45) is 11.7 Å². The van der Waals surface area contributed by atoms with Gasteiger partial charge in [-0.3, -0.25) is 57.7 Å². The van der Waals surface area contributed by atoms with E-state index in [0.717, 1.165) is 0 Å². The maximum Gasteiger partial charge on any atom is 0.305 e. The van der Waals surface area contributed by atoms with Crippen molar-refractivity contribution in [1.29, 1.82) is 0 Å². The third-order valence-corrected chi connectivity index (χ3v) is 14.4. The average molecular weight is 1080 g/mol. The number of aromatic nitrogens is 2. The molecule has 0 spiro atoms. The van der Waals surface area contributed by atoms with Crippen LogP contribution >= 0.6 is 0 Å². The summed E-state index contributed by atoms with van der Waals surface area (Å²) in [5.41, 5.74) is 10.4. The Hall–Kier alpha value is -7.64. The van der Waals surface area contributed by atoms with E-state index in [2.05, 4.69) is 47.6 Å². The molecule has 4 fully saturated rings. The lowest BCUT2D eigenvalue weighted by Crippen LogP contribution is -2.60. The van der Waals surface area contributed by atoms with Crippen molar-refractivity contribution in [3.63, 3.8) is 0 Å². The van der Waals surface area contributed by atoms with Gasteiger partial charge >= 0.3 is 5.97 Å². The summed E-state index contributed by atoms with van der Waals surface area (Å²) in [6.07, 6.45) is 3.79. The molecule has 26 nitrogen and oxygen atoms in total. The molecule has 4 aliphatic heterocycles. The van der Waals surface area contributed by atoms with Crippen molar-refractivity contribution in [2.45, 2.75) is 165 Å². The first-order valence-corrected chi connectivity index (χ1v) is 26.6. The number of rotatable bonds is 15. The number of nitrogens with one attached hydrogen (secondary N) is 8. The second-order valence-corrected chi connectivity index (χ2v) is 20.7. The molecule has 15 N–H and O–H groups in total. The second-order valence-electron chi connectivity index (χ2n) is 20.7. The molecular weight excluding hydrogens is 1000 g/mol. The summed E-state index contributed by atoms with van der Waals surface area (Å²) in [6, 6.07) is -6.12. The zero-order chi connectivity index (χ0) is 55.9. The highest BCUT2D eigenvalue weighted by Crippen LogP contribution is 2.27. The summed E-state index contributed by atoms with van der Waals surface area (Å²) in [7, 11) is 0. The van der Waals surface area contributed by atoms with E-state index in [1.165, 1.54) is 33.2 Å². The number of carbonyl (C=O) groups excluding carboxylic acids is 10. The van der Waals surface area contributed by atoms with E-state index < -0.39 is 126 Å². The number of imidazole rings is 1. The number of benzene rings is 1. The Morgan fingerprint density at radius 3 is 1.73 bits per heavy atom. The molecule has 4 saturated heterocycles. The van der Waals surface area contributed by atoms with Crippen LogP contribution in [0, 0.1) is 5.92 Å². The summed E-state index contributed by atoms with van der Waals surface area (Å²) in [4.78, 5) is 165. The number of aromatic amines is 2. The number of phenols is 1. The Kier molecular flexibility index (Phi) is 20.9. The fourth-order valence-electron chi connectivity index (χ4n) is 10.5. The SMILES string of the molecule is CC(C)C[C@@H]1NC(=O)[C@H](CC(=O)O)NC(=O)[C@H](CCCC[NH3+])NC(=O)[C@@H]2CCCN2C(=O)[C@@H](Cc2c[nH+]c[nH]2)NC(=O)[C@H](Cc2ccc(O)cc2)NC(=O)[C@@H]2CCCN2C(=O)[C@H]2CCCN2C(=O)[C@@H](CCC(N)=O)NC1=O. The van der Waals surface area contributed by atoms with Crippen LogP contribution in [0.4, 0.5) is 0 Å². The number of hydrogen-bond acceptors (Lipinski definition) is 12. The van der Waals surface area contributed by atoms with Gasteiger partial charge in [-0.25, -0.2) is 4.98 Å². The van der Waals surface area contributed by atoms with Gasteiger partial charge in [0.15, 0.2) is 0 Å². The van der Waals surface area contributed by atoms with Gasteiger partial charge in [-0.15, -0.1) is 0 Å². The van der Waals surface area contributed by atoms with E-state index in [1.807, 2.05) is 0 Å². The number of unbranched alkanes of at least 4 members (excludes halogenated alkanes) is 1. The third kappa shape index (κ3) is 16.0. The molecule has 0 unspecified atom stereocenters. The highest BCUT2D eigenvalue weighted by atomic mass is 16.4. The van der Waals surface area contributed by atoms with E-state index >= 15 is 0 Å². The number of carbonyl (C=O) groups is 11. The van der Waals surface area contributed by atoms with Gasteiger partial charge in [-0.1, -0.05) is 26.0 Å². The summed E-state index contributed by atoms with van der Waals surface area (Å²) >= 11 is 0. The van der Waals surface area contributed by atoms with Crippen molar-refractivity contribution in [1.82, 2.24) is 51.6 Å². The number of carboxylic acids is 1. The monoisotopic (exact) mass is 1080 g/mol. The first-order valence-electron chi connectivity index (χ1n) is 26.6. The maximum absolute atomic E-state index is 14.8. The van der Waals surface area contributed by atoms with Crippen molar-refractivity contribution in [3.8, 4) is 5.75 Å². The molecule has 0 bridgehead atoms. The van der Waals surface area contributed by atoms with Crippen LogP contribution in [0.5, 0.6) is 5.75 Å². The number of carboxylic acid groups (broad SMARTS) is 1. The molecule has 4 aliphatic rings. The van der Waals surface area contributed by atoms with Crippen LogP contribution in [-0.4, -0.2) is 175 Å². The molecule has 0 saturated carbocycles. The Balaban J connectivity index is 1.41. The van der Waals surface area contributed by atoms with Crippen LogP contribution in [0.15, 0.2) is 36.8 Å². The molecule has 1 aromatic heterocycles. The van der Waals surface area contributed by atoms with Crippen molar-refractivity contribution in [3.05, 3.63) is 48.0 Å². The Labute approximate surface area is 445 Å². The molecule has 9 atom stereocenters. The highest BCUT2D eigenvalue weighted by molar-refractivity contribution is 6.00. The number of fused-ring (bicyclic) bond motifs is 3. The minimum atomic E-state index is -1.78. The van der Waals surface area contributed by atoms with Crippen molar-refractivity contribution in [2.75, 3.05) is 26.2 Å². The van der Waals surface area contributed by atoms with Gasteiger partial charge < -0.3 is 68.3 Å². The molecule has 2 aromatic rings. The maximum atomic E-state index is 14.8. The molecule has 26 heteroatoms. The van der Waals surface area contributed by atoms with Crippen molar-refractivity contribution >= 4 is 65.0 Å². The average Bonchev–Trinajstić information content (AvgIpc) is 4.25. The molecule has 0 radical (unpaired) electrons. The second kappa shape index (κ2) is 27.4. The van der Waals surface area contributed by atoms with Gasteiger partial charge in [0, 0.05) is 38.9 Å². The van der Waals surface area contributed by atoms with Crippen LogP contribution in [0.3, 0.4) is 0 Å². The topological polar surface area (TPSA) is 394 Å². The summed E-state index contributed by atoms with van der Waals surface area (Å²) < 4.78 is 0. The van der Waals surface area contributed by atoms with E-state index in [-0.39, 0.29) is 89.1 Å². The number of phenolic OH excluding ortho intramolecular Hbond substituents is 1. The molecule has 5 heterocycles. The molecule has 77 heavy (non-hydrogen) atoms. The zero-order valence-corrected chi connectivity index (χ0v) is 43.7. The predicted molar refractivity (Wildman–Crippen MR) is 270 cm³/mol. The summed E-state index contributed by atoms with van der Waals surface area (Å²) in [5.74, 6) is -9.66. The van der Waals surface area contributed by atoms with Crippen molar-refractivity contribution < 1.29 is 73.7 Å². The number of nitrogens with zero attached hydrogens (tertiary/aromatic N) is 3. The van der Waals surface area contributed by atoms with E-state index in [9.17, 15) is 63.0 Å². The first-order chi connectivity index (χ1) is 36.7. The molecule has 10 amide bonds. The van der Waals surface area contributed by atoms with Gasteiger partial charge in [-0.05, 0) is 94.2 Å². The predicted octanol–water partition coefficient (Wildman–Crippen LogP) is -3.59. The number of quaternary nitrogens is 1. The smallest absolute Gasteiger partial charge is 0.305 e. The van der Waals surface area contributed by atoms with Crippen LogP contribution in [0.1, 0.15) is 109 Å². The van der Waals surface area contributed by atoms with E-state index in [0.29, 0.717) is 49.9 Å². The van der Waals surface area contributed by atoms with Gasteiger partial charge in [0.25, 0.3) is 0 Å². The van der Waals surface area contributed by atoms with Crippen LogP contribution in [0.2, 0.25) is 0 Å². The Morgan fingerprint density at radius 1 is 0.636 bits per heavy atom. The number of aromatic hydroxyl groups is 1. The minimum Gasteiger partial charge on any atom is -0.508 e. The number of amides is 10. The van der Waals surface area contributed by atoms with Gasteiger partial charge in [0.1, 0.15) is 72.0 Å². The number of aliphatic carboxylic acids is 1. The Bertz CT molecular complexity index is 2470. The minimum absolute atomic E-state index is 0.0203. The summed E-state index contributed by atoms with van der Waals surface area (Å²) in [5, 5.41) is 36.0. The fourth-order valence-corrected chi connectivity index (χ4v) is 10.5. The largest absolute Gasteiger partial charge is 0.508 e. The highest BCUT2D eigenvalue weighted by Gasteiger charge is 2.46. The van der Waals surface area contributed by atoms with Gasteiger partial charge in [0.05, 0.1) is 13.0 Å². The number of primary amides is 1. The van der Waals surface area contributed by atoms with Crippen LogP contribution in [-0.2, 0) is 65.6 Å². The molecule has 0 aliphatic carbocycles. The molecular formula is C51H75N13O13+2. The number of nitrogens with two attached hydrogens (primary N) is 1.